The highest BCUT2D eigenvalue weighted by Crippen LogP contribution is 2.22. The van der Waals surface area contributed by atoms with E-state index in [-0.39, 0.29) is 0 Å². The van der Waals surface area contributed by atoms with Crippen molar-refractivity contribution in [3.05, 3.63) is 24.3 Å². The summed E-state index contributed by atoms with van der Waals surface area (Å²) in [4.78, 5) is 12.2. The van der Waals surface area contributed by atoms with Crippen LogP contribution in [0.2, 0.25) is 0 Å². The van der Waals surface area contributed by atoms with E-state index in [0.29, 0.717) is 37.4 Å². The number of nitrogens with two attached hydrogens (primary N) is 1. The molecule has 1 aliphatic heterocycles. The van der Waals surface area contributed by atoms with Crippen LogP contribution in [0.15, 0.2) is 24.3 Å². The summed E-state index contributed by atoms with van der Waals surface area (Å²) >= 11 is 0. The second-order valence-corrected chi connectivity index (χ2v) is 7.67. The molecule has 2 rings (SSSR count). The maximum Gasteiger partial charge on any atom is 0.242 e. The van der Waals surface area contributed by atoms with Crippen molar-refractivity contribution in [2.45, 2.75) is 30.3 Å². The highest BCUT2D eigenvalue weighted by molar-refractivity contribution is 7.93. The van der Waals surface area contributed by atoms with E-state index < -0.39 is 26.2 Å². The van der Waals surface area contributed by atoms with Crippen molar-refractivity contribution in [2.75, 3.05) is 24.3 Å². The number of carbonyl (C=O) groups excluding carboxylic acids is 1. The Labute approximate surface area is 124 Å². The summed E-state index contributed by atoms with van der Waals surface area (Å²) in [7, 11) is -3.53. The Morgan fingerprint density at radius 1 is 1.33 bits per heavy atom. The van der Waals surface area contributed by atoms with E-state index in [2.05, 4.69) is 5.32 Å². The van der Waals surface area contributed by atoms with Crippen molar-refractivity contribution >= 4 is 27.1 Å². The summed E-state index contributed by atoms with van der Waals surface area (Å²) in [6.07, 6.45) is 0.876. The van der Waals surface area contributed by atoms with E-state index in [4.69, 9.17) is 10.5 Å². The Hall–Kier alpha value is -1.60. The first-order valence-electron chi connectivity index (χ1n) is 6.88. The summed E-state index contributed by atoms with van der Waals surface area (Å²) < 4.78 is 30.1. The molecule has 0 radical (unpaired) electrons. The Morgan fingerprint density at radius 3 is 2.57 bits per heavy atom. The molecule has 0 aromatic heterocycles. The summed E-state index contributed by atoms with van der Waals surface area (Å²) in [5.41, 5.74) is 6.57. The first-order chi connectivity index (χ1) is 9.93. The van der Waals surface area contributed by atoms with Gasteiger partial charge in [0.25, 0.3) is 0 Å². The van der Waals surface area contributed by atoms with Gasteiger partial charge in [0.05, 0.1) is 16.6 Å². The number of hydrogen-bond donors (Lipinski definition) is 2. The number of anilines is 2. The molecule has 7 heteroatoms. The SMILES string of the molecule is CC(C(=O)Nc1ccccc1N)S(=O)(=O)C1CCOCC1. The predicted molar refractivity (Wildman–Crippen MR) is 81.7 cm³/mol. The molecular weight excluding hydrogens is 292 g/mol. The van der Waals surface area contributed by atoms with Crippen molar-refractivity contribution in [1.82, 2.24) is 0 Å². The first kappa shape index (κ1) is 15.8. The van der Waals surface area contributed by atoms with Gasteiger partial charge in [-0.3, -0.25) is 4.79 Å². The average Bonchev–Trinajstić information content (AvgIpc) is 2.49. The van der Waals surface area contributed by atoms with Crippen LogP contribution in [0.3, 0.4) is 0 Å². The van der Waals surface area contributed by atoms with Crippen LogP contribution in [-0.4, -0.2) is 38.0 Å². The van der Waals surface area contributed by atoms with E-state index in [9.17, 15) is 13.2 Å². The van der Waals surface area contributed by atoms with E-state index in [1.165, 1.54) is 6.92 Å². The summed E-state index contributed by atoms with van der Waals surface area (Å²) in [6.45, 7) is 2.26. The topological polar surface area (TPSA) is 98.5 Å². The molecule has 21 heavy (non-hydrogen) atoms. The molecule has 3 N–H and O–H groups in total. The molecule has 6 nitrogen and oxygen atoms in total. The van der Waals surface area contributed by atoms with Gasteiger partial charge >= 0.3 is 0 Å². The van der Waals surface area contributed by atoms with Gasteiger partial charge in [-0.1, -0.05) is 12.1 Å². The molecular formula is C14H20N2O4S. The van der Waals surface area contributed by atoms with Gasteiger partial charge in [-0.2, -0.15) is 0 Å². The lowest BCUT2D eigenvalue weighted by atomic mass is 10.2. The molecule has 116 valence electrons. The van der Waals surface area contributed by atoms with Crippen LogP contribution in [0, 0.1) is 0 Å². The third kappa shape index (κ3) is 3.54. The number of nitrogens with one attached hydrogen (secondary N) is 1. The van der Waals surface area contributed by atoms with Crippen molar-refractivity contribution in [1.29, 1.82) is 0 Å². The van der Waals surface area contributed by atoms with Crippen LogP contribution in [0.4, 0.5) is 11.4 Å². The number of rotatable bonds is 4. The van der Waals surface area contributed by atoms with Gasteiger partial charge in [0.1, 0.15) is 5.25 Å². The van der Waals surface area contributed by atoms with Gasteiger partial charge in [0.2, 0.25) is 5.91 Å². The Morgan fingerprint density at radius 2 is 1.95 bits per heavy atom. The zero-order valence-electron chi connectivity index (χ0n) is 11.9. The Bertz CT molecular complexity index is 609. The second kappa shape index (κ2) is 6.44. The van der Waals surface area contributed by atoms with Gasteiger partial charge in [-0.15, -0.1) is 0 Å². The fraction of sp³-hybridized carbons (Fsp3) is 0.500. The average molecular weight is 312 g/mol. The van der Waals surface area contributed by atoms with Crippen molar-refractivity contribution < 1.29 is 17.9 Å². The quantitative estimate of drug-likeness (QED) is 0.814. The standard InChI is InChI=1S/C14H20N2O4S/c1-10(21(18,19)11-6-8-20-9-7-11)14(17)16-13-5-3-2-4-12(13)15/h2-5,10-11H,6-9,15H2,1H3,(H,16,17). The molecule has 0 bridgehead atoms. The molecule has 1 unspecified atom stereocenters. The normalized spacial score (nSPS) is 18.1. The second-order valence-electron chi connectivity index (χ2n) is 5.12. The van der Waals surface area contributed by atoms with Crippen molar-refractivity contribution in [3.8, 4) is 0 Å². The van der Waals surface area contributed by atoms with Gasteiger partial charge in [0, 0.05) is 13.2 Å². The number of amides is 1. The van der Waals surface area contributed by atoms with Gasteiger partial charge < -0.3 is 15.8 Å². The molecule has 1 saturated heterocycles. The number of para-hydroxylation sites is 2. The molecule has 1 fully saturated rings. The zero-order valence-corrected chi connectivity index (χ0v) is 12.7. The lowest BCUT2D eigenvalue weighted by Crippen LogP contribution is -2.41. The van der Waals surface area contributed by atoms with E-state index >= 15 is 0 Å². The van der Waals surface area contributed by atoms with Crippen LogP contribution in [0.5, 0.6) is 0 Å². The lowest BCUT2D eigenvalue weighted by Gasteiger charge is -2.25. The summed E-state index contributed by atoms with van der Waals surface area (Å²) in [5.74, 6) is -0.556. The van der Waals surface area contributed by atoms with Gasteiger partial charge in [-0.25, -0.2) is 8.42 Å². The number of benzene rings is 1. The minimum Gasteiger partial charge on any atom is -0.397 e. The number of sulfone groups is 1. The molecule has 0 spiro atoms. The Kier molecular flexibility index (Phi) is 4.84. The van der Waals surface area contributed by atoms with E-state index in [1.807, 2.05) is 0 Å². The fourth-order valence-corrected chi connectivity index (χ4v) is 4.07. The molecule has 0 saturated carbocycles. The van der Waals surface area contributed by atoms with Crippen molar-refractivity contribution in [2.24, 2.45) is 0 Å². The highest BCUT2D eigenvalue weighted by Gasteiger charge is 2.36. The monoisotopic (exact) mass is 312 g/mol. The van der Waals surface area contributed by atoms with E-state index in [0.717, 1.165) is 0 Å². The lowest BCUT2D eigenvalue weighted by molar-refractivity contribution is -0.115. The summed E-state index contributed by atoms with van der Waals surface area (Å²) in [5, 5.41) is 0.956. The Balaban J connectivity index is 2.09. The fourth-order valence-electron chi connectivity index (χ4n) is 2.29. The van der Waals surface area contributed by atoms with Crippen LogP contribution < -0.4 is 11.1 Å². The number of ether oxygens (including phenoxy) is 1. The number of carbonyl (C=O) groups is 1. The number of hydrogen-bond acceptors (Lipinski definition) is 5. The van der Waals surface area contributed by atoms with Crippen LogP contribution >= 0.6 is 0 Å². The number of nitrogen functional groups attached to an aromatic ring is 1. The van der Waals surface area contributed by atoms with Crippen molar-refractivity contribution in [3.63, 3.8) is 0 Å². The van der Waals surface area contributed by atoms with Crippen LogP contribution in [0.1, 0.15) is 19.8 Å². The third-order valence-electron chi connectivity index (χ3n) is 3.71. The third-order valence-corrected chi connectivity index (χ3v) is 6.31. The predicted octanol–water partition coefficient (Wildman–Crippen LogP) is 1.19. The molecule has 0 aliphatic carbocycles. The van der Waals surface area contributed by atoms with Crippen LogP contribution in [-0.2, 0) is 19.4 Å². The van der Waals surface area contributed by atoms with E-state index in [1.54, 1.807) is 24.3 Å². The molecule has 1 heterocycles. The smallest absolute Gasteiger partial charge is 0.242 e. The largest absolute Gasteiger partial charge is 0.397 e. The zero-order chi connectivity index (χ0) is 15.5. The molecule has 1 atom stereocenters. The highest BCUT2D eigenvalue weighted by atomic mass is 32.2. The maximum absolute atomic E-state index is 12.5. The van der Waals surface area contributed by atoms with Gasteiger partial charge in [0.15, 0.2) is 9.84 Å². The minimum absolute atomic E-state index is 0.404. The summed E-state index contributed by atoms with van der Waals surface area (Å²) in [6, 6.07) is 6.76. The van der Waals surface area contributed by atoms with Crippen LogP contribution in [0.25, 0.3) is 0 Å². The first-order valence-corrected chi connectivity index (χ1v) is 8.49. The minimum atomic E-state index is -3.53. The maximum atomic E-state index is 12.5. The molecule has 1 aromatic carbocycles. The van der Waals surface area contributed by atoms with Gasteiger partial charge in [-0.05, 0) is 31.9 Å². The molecule has 1 amide bonds. The molecule has 1 aromatic rings. The molecule has 1 aliphatic rings.